The first-order valence-electron chi connectivity index (χ1n) is 10.3. The highest BCUT2D eigenvalue weighted by atomic mass is 19.4. The molecule has 2 atom stereocenters. The summed E-state index contributed by atoms with van der Waals surface area (Å²) in [7, 11) is 0. The molecular formula is C23H24F3NO6. The van der Waals surface area contributed by atoms with Crippen LogP contribution in [0.1, 0.15) is 48.1 Å². The predicted octanol–water partition coefficient (Wildman–Crippen LogP) is 4.47. The average Bonchev–Trinajstić information content (AvgIpc) is 3.23. The van der Waals surface area contributed by atoms with E-state index in [0.717, 1.165) is 12.1 Å². The number of rotatable bonds is 8. The Labute approximate surface area is 188 Å². The van der Waals surface area contributed by atoms with E-state index in [9.17, 15) is 27.9 Å². The Balaban J connectivity index is 2.05. The smallest absolute Gasteiger partial charge is 0.416 e. The Bertz CT molecular complexity index is 1000. The van der Waals surface area contributed by atoms with Crippen LogP contribution in [-0.4, -0.2) is 36.0 Å². The number of aliphatic carboxylic acids is 1. The molecule has 0 saturated carbocycles. The molecule has 1 fully saturated rings. The minimum atomic E-state index is -4.53. The van der Waals surface area contributed by atoms with E-state index in [0.29, 0.717) is 36.3 Å². The van der Waals surface area contributed by atoms with E-state index in [2.05, 4.69) is 0 Å². The van der Waals surface area contributed by atoms with E-state index >= 15 is 0 Å². The summed E-state index contributed by atoms with van der Waals surface area (Å²) in [6.07, 6.45) is -5.83. The number of carboxylic acid groups (broad SMARTS) is 1. The third kappa shape index (κ3) is 5.57. The number of benzene rings is 2. The molecule has 2 aromatic carbocycles. The van der Waals surface area contributed by atoms with Crippen molar-refractivity contribution in [3.8, 4) is 5.75 Å². The lowest BCUT2D eigenvalue weighted by atomic mass is 9.89. The predicted molar refractivity (Wildman–Crippen MR) is 111 cm³/mol. The molecule has 178 valence electrons. The molecule has 1 saturated heterocycles. The number of nitrogens with two attached hydrogens (primary N) is 1. The van der Waals surface area contributed by atoms with Crippen molar-refractivity contribution in [2.24, 2.45) is 5.73 Å². The Morgan fingerprint density at radius 1 is 1.21 bits per heavy atom. The second kappa shape index (κ2) is 9.70. The molecule has 0 bridgehead atoms. The van der Waals surface area contributed by atoms with Crippen LogP contribution in [0.4, 0.5) is 18.0 Å². The number of amides is 1. The number of ether oxygens (including phenoxy) is 3. The van der Waals surface area contributed by atoms with Gasteiger partial charge in [0.15, 0.2) is 11.7 Å². The second-order valence-electron chi connectivity index (χ2n) is 7.67. The standard InChI is InChI=1S/C23H24F3NO6/c1-2-31-18-9-4-14(13-22(20(28)29)10-3-11-32-22)12-17(18)19(33-21(27)30)15-5-7-16(8-6-15)23(24,25)26/h4-9,12,19H,2-3,10-11,13H2,1H3,(H2,27,30)(H,28,29). The molecule has 1 heterocycles. The normalized spacial score (nSPS) is 19.2. The molecule has 10 heteroatoms. The van der Waals surface area contributed by atoms with Crippen LogP contribution < -0.4 is 10.5 Å². The fraction of sp³-hybridized carbons (Fsp3) is 0.391. The van der Waals surface area contributed by atoms with E-state index in [1.165, 1.54) is 12.1 Å². The van der Waals surface area contributed by atoms with Gasteiger partial charge in [-0.2, -0.15) is 13.2 Å². The lowest BCUT2D eigenvalue weighted by molar-refractivity contribution is -0.159. The topological polar surface area (TPSA) is 108 Å². The summed E-state index contributed by atoms with van der Waals surface area (Å²) in [4.78, 5) is 23.5. The van der Waals surface area contributed by atoms with Crippen LogP contribution in [0.25, 0.3) is 0 Å². The summed E-state index contributed by atoms with van der Waals surface area (Å²) in [5.41, 5.74) is 4.15. The van der Waals surface area contributed by atoms with E-state index in [-0.39, 0.29) is 18.6 Å². The number of hydrogen-bond acceptors (Lipinski definition) is 5. The zero-order valence-electron chi connectivity index (χ0n) is 17.9. The largest absolute Gasteiger partial charge is 0.493 e. The zero-order chi connectivity index (χ0) is 24.2. The summed E-state index contributed by atoms with van der Waals surface area (Å²) in [5.74, 6) is -0.757. The van der Waals surface area contributed by atoms with E-state index in [4.69, 9.17) is 19.9 Å². The van der Waals surface area contributed by atoms with Crippen LogP contribution in [0, 0.1) is 0 Å². The second-order valence-corrected chi connectivity index (χ2v) is 7.67. The molecule has 1 aliphatic heterocycles. The molecule has 0 aliphatic carbocycles. The van der Waals surface area contributed by atoms with Crippen molar-refractivity contribution in [2.75, 3.05) is 13.2 Å². The van der Waals surface area contributed by atoms with Gasteiger partial charge in [0.2, 0.25) is 0 Å². The van der Waals surface area contributed by atoms with Gasteiger partial charge in [0.1, 0.15) is 5.75 Å². The first-order valence-corrected chi connectivity index (χ1v) is 10.3. The van der Waals surface area contributed by atoms with Crippen molar-refractivity contribution in [2.45, 2.75) is 44.1 Å². The van der Waals surface area contributed by atoms with Crippen molar-refractivity contribution in [3.63, 3.8) is 0 Å². The number of halogens is 3. The molecule has 1 aliphatic rings. The molecule has 0 radical (unpaired) electrons. The molecular weight excluding hydrogens is 443 g/mol. The molecule has 2 unspecified atom stereocenters. The van der Waals surface area contributed by atoms with Gasteiger partial charge in [-0.3, -0.25) is 0 Å². The number of carbonyl (C=O) groups excluding carboxylic acids is 1. The summed E-state index contributed by atoms with van der Waals surface area (Å²) in [6.45, 7) is 2.34. The Morgan fingerprint density at radius 2 is 1.91 bits per heavy atom. The molecule has 33 heavy (non-hydrogen) atoms. The highest BCUT2D eigenvalue weighted by Gasteiger charge is 2.43. The number of carbonyl (C=O) groups is 2. The molecule has 7 nitrogen and oxygen atoms in total. The maximum atomic E-state index is 13.0. The summed E-state index contributed by atoms with van der Waals surface area (Å²) >= 11 is 0. The van der Waals surface area contributed by atoms with Gasteiger partial charge in [0.25, 0.3) is 0 Å². The summed E-state index contributed by atoms with van der Waals surface area (Å²) in [6, 6.07) is 9.01. The quantitative estimate of drug-likeness (QED) is 0.593. The monoisotopic (exact) mass is 467 g/mol. The highest BCUT2D eigenvalue weighted by molar-refractivity contribution is 5.78. The maximum absolute atomic E-state index is 13.0. The van der Waals surface area contributed by atoms with Gasteiger partial charge in [-0.15, -0.1) is 0 Å². The minimum absolute atomic E-state index is 0.0536. The molecule has 3 N–H and O–H groups in total. The van der Waals surface area contributed by atoms with Crippen LogP contribution in [-0.2, 0) is 26.9 Å². The van der Waals surface area contributed by atoms with Crippen LogP contribution in [0.2, 0.25) is 0 Å². The minimum Gasteiger partial charge on any atom is -0.493 e. The van der Waals surface area contributed by atoms with Crippen molar-refractivity contribution in [1.82, 2.24) is 0 Å². The number of carboxylic acids is 1. The van der Waals surface area contributed by atoms with Crippen LogP contribution in [0.15, 0.2) is 42.5 Å². The molecule has 3 rings (SSSR count). The Hall–Kier alpha value is -3.27. The van der Waals surface area contributed by atoms with Crippen molar-refractivity contribution >= 4 is 12.1 Å². The summed E-state index contributed by atoms with van der Waals surface area (Å²) < 4.78 is 55.4. The molecule has 2 aromatic rings. The first-order chi connectivity index (χ1) is 15.6. The average molecular weight is 467 g/mol. The van der Waals surface area contributed by atoms with Crippen molar-refractivity contribution in [1.29, 1.82) is 0 Å². The van der Waals surface area contributed by atoms with Gasteiger partial charge in [0.05, 0.1) is 12.2 Å². The Kier molecular flexibility index (Phi) is 7.16. The fourth-order valence-electron chi connectivity index (χ4n) is 3.88. The molecule has 0 aromatic heterocycles. The van der Waals surface area contributed by atoms with Gasteiger partial charge in [-0.25, -0.2) is 9.59 Å². The summed E-state index contributed by atoms with van der Waals surface area (Å²) in [5, 5.41) is 9.70. The van der Waals surface area contributed by atoms with Crippen molar-refractivity contribution < 1.29 is 42.1 Å². The van der Waals surface area contributed by atoms with Crippen LogP contribution >= 0.6 is 0 Å². The zero-order valence-corrected chi connectivity index (χ0v) is 17.9. The van der Waals surface area contributed by atoms with Crippen molar-refractivity contribution in [3.05, 3.63) is 64.7 Å². The lowest BCUT2D eigenvalue weighted by Crippen LogP contribution is -2.40. The molecule has 0 spiro atoms. The van der Waals surface area contributed by atoms with Gasteiger partial charge >= 0.3 is 18.2 Å². The van der Waals surface area contributed by atoms with Crippen LogP contribution in [0.3, 0.4) is 0 Å². The lowest BCUT2D eigenvalue weighted by Gasteiger charge is -2.25. The third-order valence-electron chi connectivity index (χ3n) is 5.41. The SMILES string of the molecule is CCOc1ccc(CC2(C(=O)O)CCCO2)cc1C(OC(N)=O)c1ccc(C(F)(F)F)cc1. The van der Waals surface area contributed by atoms with Crippen LogP contribution in [0.5, 0.6) is 5.75 Å². The van der Waals surface area contributed by atoms with Gasteiger partial charge < -0.3 is 25.1 Å². The maximum Gasteiger partial charge on any atom is 0.416 e. The number of hydrogen-bond donors (Lipinski definition) is 2. The van der Waals surface area contributed by atoms with E-state index in [1.807, 2.05) is 0 Å². The van der Waals surface area contributed by atoms with Gasteiger partial charge in [-0.1, -0.05) is 18.2 Å². The number of alkyl halides is 3. The van der Waals surface area contributed by atoms with Gasteiger partial charge in [0, 0.05) is 18.6 Å². The van der Waals surface area contributed by atoms with E-state index in [1.54, 1.807) is 25.1 Å². The number of primary amides is 1. The van der Waals surface area contributed by atoms with E-state index < -0.39 is 35.5 Å². The Morgan fingerprint density at radius 3 is 2.42 bits per heavy atom. The van der Waals surface area contributed by atoms with Gasteiger partial charge in [-0.05, 0) is 55.2 Å². The highest BCUT2D eigenvalue weighted by Crippen LogP contribution is 2.38. The first kappa shape index (κ1) is 24.4. The molecule has 1 amide bonds. The third-order valence-corrected chi connectivity index (χ3v) is 5.41. The fourth-order valence-corrected chi connectivity index (χ4v) is 3.88.